The van der Waals surface area contributed by atoms with Crippen molar-refractivity contribution in [2.24, 2.45) is 0 Å². The Balaban J connectivity index is 1.69. The number of carbonyl (C=O) groups excluding carboxylic acids is 2. The number of benzene rings is 1. The van der Waals surface area contributed by atoms with Crippen molar-refractivity contribution in [3.05, 3.63) is 39.1 Å². The molecule has 168 valence electrons. The van der Waals surface area contributed by atoms with Crippen molar-refractivity contribution in [3.63, 3.8) is 0 Å². The minimum absolute atomic E-state index is 0.136. The molecule has 3 rings (SSSR count). The summed E-state index contributed by atoms with van der Waals surface area (Å²) < 4.78 is 33.7. The maximum atomic E-state index is 13.6. The predicted octanol–water partition coefficient (Wildman–Crippen LogP) is 3.78. The number of ether oxygens (including phenoxy) is 1. The van der Waals surface area contributed by atoms with Crippen LogP contribution in [0.3, 0.4) is 0 Å². The van der Waals surface area contributed by atoms with E-state index in [4.69, 9.17) is 27.9 Å². The molecule has 1 saturated heterocycles. The van der Waals surface area contributed by atoms with Crippen molar-refractivity contribution < 1.29 is 23.1 Å². The molecular formula is C20H22Cl2F2N4O3. The summed E-state index contributed by atoms with van der Waals surface area (Å²) >= 11 is 12.1. The number of rotatable bonds is 6. The first-order chi connectivity index (χ1) is 14.6. The summed E-state index contributed by atoms with van der Waals surface area (Å²) in [6, 6.07) is 3.25. The molecule has 0 radical (unpaired) electrons. The molecule has 31 heavy (non-hydrogen) atoms. The highest BCUT2D eigenvalue weighted by Crippen LogP contribution is 2.34. The molecule has 0 atom stereocenters. The molecule has 7 nitrogen and oxygen atoms in total. The Labute approximate surface area is 188 Å². The van der Waals surface area contributed by atoms with Crippen molar-refractivity contribution in [2.75, 3.05) is 38.2 Å². The number of nitrogens with zero attached hydrogens (tertiary/aromatic N) is 4. The molecule has 1 aromatic heterocycles. The molecule has 1 amide bonds. The Kier molecular flexibility index (Phi) is 6.76. The van der Waals surface area contributed by atoms with Crippen molar-refractivity contribution in [3.8, 4) is 5.75 Å². The number of piperazine rings is 1. The first-order valence-electron chi connectivity index (χ1n) is 9.53. The van der Waals surface area contributed by atoms with Crippen LogP contribution >= 0.6 is 23.2 Å². The van der Waals surface area contributed by atoms with Crippen LogP contribution in [-0.2, 0) is 17.3 Å². The lowest BCUT2D eigenvalue weighted by atomic mass is 10.1. The second-order valence-electron chi connectivity index (χ2n) is 7.33. The zero-order chi connectivity index (χ0) is 22.9. The number of aldehydes is 1. The van der Waals surface area contributed by atoms with Crippen LogP contribution in [0.25, 0.3) is 0 Å². The van der Waals surface area contributed by atoms with Crippen LogP contribution in [0.4, 0.5) is 14.5 Å². The Morgan fingerprint density at radius 3 is 2.42 bits per heavy atom. The molecular weight excluding hydrogens is 453 g/mol. The van der Waals surface area contributed by atoms with Gasteiger partial charge < -0.3 is 14.5 Å². The van der Waals surface area contributed by atoms with E-state index in [2.05, 4.69) is 5.10 Å². The number of aromatic nitrogens is 2. The van der Waals surface area contributed by atoms with Crippen LogP contribution in [0.15, 0.2) is 12.1 Å². The molecule has 0 spiro atoms. The molecule has 0 N–H and O–H groups in total. The Bertz CT molecular complexity index is 999. The lowest BCUT2D eigenvalue weighted by Gasteiger charge is -2.36. The van der Waals surface area contributed by atoms with Gasteiger partial charge in [-0.1, -0.05) is 23.2 Å². The van der Waals surface area contributed by atoms with Gasteiger partial charge in [-0.2, -0.15) is 13.9 Å². The van der Waals surface area contributed by atoms with E-state index in [-0.39, 0.29) is 17.5 Å². The minimum atomic E-state index is -3.20. The van der Waals surface area contributed by atoms with Crippen LogP contribution in [0, 0.1) is 6.92 Å². The normalized spacial score (nSPS) is 14.7. The molecule has 2 heterocycles. The Hall–Kier alpha value is -2.39. The predicted molar refractivity (Wildman–Crippen MR) is 114 cm³/mol. The van der Waals surface area contributed by atoms with E-state index in [0.717, 1.165) is 6.29 Å². The summed E-state index contributed by atoms with van der Waals surface area (Å²) in [4.78, 5) is 27.8. The summed E-state index contributed by atoms with van der Waals surface area (Å²) in [5.74, 6) is -3.00. The van der Waals surface area contributed by atoms with Crippen molar-refractivity contribution >= 4 is 41.1 Å². The highest BCUT2D eigenvalue weighted by Gasteiger charge is 2.33. The van der Waals surface area contributed by atoms with Crippen molar-refractivity contribution in [1.29, 1.82) is 0 Å². The highest BCUT2D eigenvalue weighted by molar-refractivity contribution is 6.32. The smallest absolute Gasteiger partial charge is 0.290 e. The standard InChI is InChI=1S/C20H22Cl2F2N4O3/c1-12-18(22)19(20(2,23)24)25-28(12)10-17(30)27-6-4-26(5-7-27)15-9-16(31-3)14(21)8-13(15)11-29/h8-9,11H,4-7,10H2,1-3H3. The number of amides is 1. The number of hydrogen-bond acceptors (Lipinski definition) is 5. The SMILES string of the molecule is COc1cc(N2CCN(C(=O)Cn3nc(C(C)(F)F)c(Cl)c3C)CC2)c(C=O)cc1Cl. The van der Waals surface area contributed by atoms with E-state index in [9.17, 15) is 18.4 Å². The van der Waals surface area contributed by atoms with Crippen LogP contribution in [-0.4, -0.2) is 60.2 Å². The van der Waals surface area contributed by atoms with Gasteiger partial charge in [0.2, 0.25) is 5.91 Å². The molecule has 0 aliphatic carbocycles. The number of halogens is 4. The van der Waals surface area contributed by atoms with E-state index < -0.39 is 11.6 Å². The van der Waals surface area contributed by atoms with Gasteiger partial charge >= 0.3 is 0 Å². The number of hydrogen-bond donors (Lipinski definition) is 0. The lowest BCUT2D eigenvalue weighted by Crippen LogP contribution is -2.50. The maximum Gasteiger partial charge on any atom is 0.290 e. The van der Waals surface area contributed by atoms with Gasteiger partial charge in [-0.05, 0) is 13.0 Å². The van der Waals surface area contributed by atoms with Crippen molar-refractivity contribution in [1.82, 2.24) is 14.7 Å². The third kappa shape index (κ3) is 4.77. The number of carbonyl (C=O) groups is 2. The first kappa shape index (κ1) is 23.3. The summed E-state index contributed by atoms with van der Waals surface area (Å²) in [5.41, 5.74) is 0.879. The van der Waals surface area contributed by atoms with Gasteiger partial charge in [0.05, 0.1) is 28.5 Å². The third-order valence-corrected chi connectivity index (χ3v) is 5.98. The van der Waals surface area contributed by atoms with Gasteiger partial charge in [0, 0.05) is 44.7 Å². The summed E-state index contributed by atoms with van der Waals surface area (Å²) in [5, 5.41) is 4.04. The average molecular weight is 475 g/mol. The zero-order valence-electron chi connectivity index (χ0n) is 17.3. The van der Waals surface area contributed by atoms with E-state index in [0.29, 0.717) is 60.8 Å². The fraction of sp³-hybridized carbons (Fsp3) is 0.450. The number of methoxy groups -OCH3 is 1. The van der Waals surface area contributed by atoms with E-state index in [1.54, 1.807) is 24.0 Å². The lowest BCUT2D eigenvalue weighted by molar-refractivity contribution is -0.132. The van der Waals surface area contributed by atoms with Gasteiger partial charge in [0.15, 0.2) is 6.29 Å². The molecule has 1 aliphatic heterocycles. The van der Waals surface area contributed by atoms with Crippen LogP contribution in [0.1, 0.15) is 28.7 Å². The molecule has 11 heteroatoms. The molecule has 2 aromatic rings. The summed E-state index contributed by atoms with van der Waals surface area (Å²) in [6.07, 6.45) is 0.726. The van der Waals surface area contributed by atoms with Crippen LogP contribution in [0.2, 0.25) is 10.0 Å². The molecule has 0 bridgehead atoms. The second-order valence-corrected chi connectivity index (χ2v) is 8.11. The zero-order valence-corrected chi connectivity index (χ0v) is 18.8. The average Bonchev–Trinajstić information content (AvgIpc) is 3.02. The number of alkyl halides is 2. The van der Waals surface area contributed by atoms with Gasteiger partial charge in [-0.15, -0.1) is 0 Å². The maximum absolute atomic E-state index is 13.6. The summed E-state index contributed by atoms with van der Waals surface area (Å²) in [7, 11) is 1.49. The van der Waals surface area contributed by atoms with Gasteiger partial charge in [0.25, 0.3) is 5.92 Å². The van der Waals surface area contributed by atoms with E-state index >= 15 is 0 Å². The molecule has 1 aliphatic rings. The highest BCUT2D eigenvalue weighted by atomic mass is 35.5. The van der Waals surface area contributed by atoms with E-state index in [1.807, 2.05) is 4.90 Å². The second kappa shape index (κ2) is 9.00. The largest absolute Gasteiger partial charge is 0.495 e. The fourth-order valence-electron chi connectivity index (χ4n) is 3.47. The Morgan fingerprint density at radius 2 is 1.90 bits per heavy atom. The molecule has 0 saturated carbocycles. The van der Waals surface area contributed by atoms with Gasteiger partial charge in [-0.3, -0.25) is 14.3 Å². The quantitative estimate of drug-likeness (QED) is 0.595. The van der Waals surface area contributed by atoms with Gasteiger partial charge in [0.1, 0.15) is 18.0 Å². The number of anilines is 1. The molecule has 0 unspecified atom stereocenters. The van der Waals surface area contributed by atoms with Gasteiger partial charge in [-0.25, -0.2) is 0 Å². The third-order valence-electron chi connectivity index (χ3n) is 5.24. The molecule has 1 fully saturated rings. The van der Waals surface area contributed by atoms with Crippen molar-refractivity contribution in [2.45, 2.75) is 26.3 Å². The first-order valence-corrected chi connectivity index (χ1v) is 10.3. The fourth-order valence-corrected chi connectivity index (χ4v) is 4.02. The minimum Gasteiger partial charge on any atom is -0.495 e. The monoisotopic (exact) mass is 474 g/mol. The summed E-state index contributed by atoms with van der Waals surface area (Å²) in [6.45, 7) is 3.83. The van der Waals surface area contributed by atoms with Crippen LogP contribution < -0.4 is 9.64 Å². The van der Waals surface area contributed by atoms with Crippen LogP contribution in [0.5, 0.6) is 5.75 Å². The topological polar surface area (TPSA) is 67.7 Å². The molecule has 1 aromatic carbocycles. The Morgan fingerprint density at radius 1 is 1.26 bits per heavy atom. The van der Waals surface area contributed by atoms with E-state index in [1.165, 1.54) is 11.8 Å².